The van der Waals surface area contributed by atoms with Gasteiger partial charge in [0.15, 0.2) is 0 Å². The summed E-state index contributed by atoms with van der Waals surface area (Å²) >= 11 is 0. The number of nitrogens with one attached hydrogen (secondary N) is 2. The van der Waals surface area contributed by atoms with Crippen molar-refractivity contribution in [1.29, 1.82) is 0 Å². The Morgan fingerprint density at radius 3 is 2.46 bits per heavy atom. The summed E-state index contributed by atoms with van der Waals surface area (Å²) in [6.45, 7) is 0.357. The largest absolute Gasteiger partial charge is 0.497 e. The Balaban J connectivity index is 1.73. The van der Waals surface area contributed by atoms with E-state index >= 15 is 0 Å². The Morgan fingerprint density at radius 2 is 1.79 bits per heavy atom. The highest BCUT2D eigenvalue weighted by molar-refractivity contribution is 5.83. The van der Waals surface area contributed by atoms with Crippen molar-refractivity contribution in [2.24, 2.45) is 0 Å². The predicted octanol–water partition coefficient (Wildman–Crippen LogP) is 2.16. The highest BCUT2D eigenvalue weighted by Gasteiger charge is 2.17. The molecule has 0 bridgehead atoms. The normalized spacial score (nSPS) is 14.2. The van der Waals surface area contributed by atoms with Crippen LogP contribution in [-0.2, 0) is 16.1 Å². The first-order chi connectivity index (χ1) is 11.6. The molecular formula is C18H26N2O4. The average Bonchev–Trinajstić information content (AvgIpc) is 3.10. The second-order valence-corrected chi connectivity index (χ2v) is 6.00. The van der Waals surface area contributed by atoms with Crippen molar-refractivity contribution in [3.8, 4) is 11.5 Å². The number of carbonyl (C=O) groups excluding carboxylic acids is 2. The molecular weight excluding hydrogens is 308 g/mol. The van der Waals surface area contributed by atoms with Crippen LogP contribution in [0, 0.1) is 0 Å². The van der Waals surface area contributed by atoms with Crippen LogP contribution in [0.2, 0.25) is 0 Å². The lowest BCUT2D eigenvalue weighted by atomic mass is 10.2. The van der Waals surface area contributed by atoms with Crippen LogP contribution < -0.4 is 20.1 Å². The first-order valence-electron chi connectivity index (χ1n) is 8.39. The van der Waals surface area contributed by atoms with Crippen LogP contribution in [0.15, 0.2) is 18.2 Å². The summed E-state index contributed by atoms with van der Waals surface area (Å²) in [5.74, 6) is 1.17. The summed E-state index contributed by atoms with van der Waals surface area (Å²) < 4.78 is 10.4. The lowest BCUT2D eigenvalue weighted by Gasteiger charge is -2.13. The first-order valence-corrected chi connectivity index (χ1v) is 8.39. The minimum atomic E-state index is -0.144. The minimum Gasteiger partial charge on any atom is -0.497 e. The van der Waals surface area contributed by atoms with Crippen molar-refractivity contribution in [2.75, 3.05) is 14.2 Å². The van der Waals surface area contributed by atoms with Crippen LogP contribution in [0.25, 0.3) is 0 Å². The van der Waals surface area contributed by atoms with Crippen molar-refractivity contribution in [3.05, 3.63) is 23.8 Å². The molecule has 1 aromatic carbocycles. The number of benzene rings is 1. The number of methoxy groups -OCH3 is 2. The van der Waals surface area contributed by atoms with E-state index in [0.29, 0.717) is 24.1 Å². The quantitative estimate of drug-likeness (QED) is 0.764. The van der Waals surface area contributed by atoms with Gasteiger partial charge in [-0.05, 0) is 25.0 Å². The maximum atomic E-state index is 11.9. The van der Waals surface area contributed by atoms with E-state index in [1.807, 2.05) is 12.1 Å². The molecule has 0 saturated heterocycles. The maximum absolute atomic E-state index is 11.9. The van der Waals surface area contributed by atoms with Gasteiger partial charge in [0.25, 0.3) is 0 Å². The zero-order valence-corrected chi connectivity index (χ0v) is 14.4. The van der Waals surface area contributed by atoms with Gasteiger partial charge in [-0.25, -0.2) is 0 Å². The van der Waals surface area contributed by atoms with Crippen molar-refractivity contribution in [2.45, 2.75) is 51.1 Å². The number of hydrogen-bond acceptors (Lipinski definition) is 4. The standard InChI is InChI=1S/C18H26N2O4/c1-23-15-8-7-13(16(11-15)24-2)12-19-17(21)9-10-18(22)20-14-5-3-4-6-14/h7-8,11,14H,3-6,9-10,12H2,1-2H3,(H,19,21)(H,20,22). The molecule has 0 aromatic heterocycles. The number of amides is 2. The van der Waals surface area contributed by atoms with Crippen LogP contribution in [0.4, 0.5) is 0 Å². The highest BCUT2D eigenvalue weighted by atomic mass is 16.5. The second-order valence-electron chi connectivity index (χ2n) is 6.00. The molecule has 0 radical (unpaired) electrons. The average molecular weight is 334 g/mol. The van der Waals surface area contributed by atoms with Crippen LogP contribution in [0.1, 0.15) is 44.1 Å². The molecule has 2 rings (SSSR count). The molecule has 2 N–H and O–H groups in total. The monoisotopic (exact) mass is 334 g/mol. The summed E-state index contributed by atoms with van der Waals surface area (Å²) in [5, 5.41) is 5.81. The molecule has 0 spiro atoms. The Kier molecular flexibility index (Phi) is 6.90. The molecule has 0 aliphatic heterocycles. The molecule has 1 saturated carbocycles. The van der Waals surface area contributed by atoms with Gasteiger partial charge in [-0.3, -0.25) is 9.59 Å². The van der Waals surface area contributed by atoms with Crippen molar-refractivity contribution in [1.82, 2.24) is 10.6 Å². The van der Waals surface area contributed by atoms with Gasteiger partial charge in [-0.15, -0.1) is 0 Å². The Morgan fingerprint density at radius 1 is 1.08 bits per heavy atom. The minimum absolute atomic E-state index is 0.0425. The van der Waals surface area contributed by atoms with E-state index in [2.05, 4.69) is 10.6 Å². The van der Waals surface area contributed by atoms with E-state index in [1.165, 1.54) is 12.8 Å². The fourth-order valence-corrected chi connectivity index (χ4v) is 2.88. The second kappa shape index (κ2) is 9.15. The fourth-order valence-electron chi connectivity index (χ4n) is 2.88. The predicted molar refractivity (Wildman–Crippen MR) is 91.0 cm³/mol. The van der Waals surface area contributed by atoms with Gasteiger partial charge in [-0.1, -0.05) is 12.8 Å². The third-order valence-corrected chi connectivity index (χ3v) is 4.27. The molecule has 1 aromatic rings. The molecule has 1 aliphatic rings. The van der Waals surface area contributed by atoms with Crippen LogP contribution in [0.3, 0.4) is 0 Å². The van der Waals surface area contributed by atoms with E-state index in [-0.39, 0.29) is 24.7 Å². The molecule has 132 valence electrons. The Labute approximate surface area is 142 Å². The summed E-state index contributed by atoms with van der Waals surface area (Å²) in [4.78, 5) is 23.7. The van der Waals surface area contributed by atoms with Crippen LogP contribution in [0.5, 0.6) is 11.5 Å². The van der Waals surface area contributed by atoms with Gasteiger partial charge in [0.05, 0.1) is 14.2 Å². The molecule has 24 heavy (non-hydrogen) atoms. The lowest BCUT2D eigenvalue weighted by molar-refractivity contribution is -0.126. The van der Waals surface area contributed by atoms with Crippen LogP contribution >= 0.6 is 0 Å². The van der Waals surface area contributed by atoms with Gasteiger partial charge < -0.3 is 20.1 Å². The first kappa shape index (κ1) is 18.1. The topological polar surface area (TPSA) is 76.7 Å². The maximum Gasteiger partial charge on any atom is 0.220 e. The van der Waals surface area contributed by atoms with E-state index in [4.69, 9.17) is 9.47 Å². The molecule has 0 unspecified atom stereocenters. The molecule has 0 heterocycles. The Bertz CT molecular complexity index is 568. The number of carbonyl (C=O) groups is 2. The zero-order chi connectivity index (χ0) is 17.4. The molecule has 6 nitrogen and oxygen atoms in total. The summed E-state index contributed by atoms with van der Waals surface area (Å²) in [6, 6.07) is 5.74. The SMILES string of the molecule is COc1ccc(CNC(=O)CCC(=O)NC2CCCC2)c(OC)c1. The molecule has 2 amide bonds. The molecule has 0 atom stereocenters. The van der Waals surface area contributed by atoms with Gasteiger partial charge in [-0.2, -0.15) is 0 Å². The third-order valence-electron chi connectivity index (χ3n) is 4.27. The Hall–Kier alpha value is -2.24. The summed E-state index contributed by atoms with van der Waals surface area (Å²) in [5.41, 5.74) is 0.863. The summed E-state index contributed by atoms with van der Waals surface area (Å²) in [6.07, 6.45) is 4.87. The number of ether oxygens (including phenoxy) is 2. The van der Waals surface area contributed by atoms with Crippen LogP contribution in [-0.4, -0.2) is 32.1 Å². The van der Waals surface area contributed by atoms with Crippen molar-refractivity contribution in [3.63, 3.8) is 0 Å². The van der Waals surface area contributed by atoms with Crippen molar-refractivity contribution >= 4 is 11.8 Å². The van der Waals surface area contributed by atoms with E-state index in [1.54, 1.807) is 20.3 Å². The number of hydrogen-bond donors (Lipinski definition) is 2. The van der Waals surface area contributed by atoms with Gasteiger partial charge in [0, 0.05) is 37.1 Å². The molecule has 1 fully saturated rings. The van der Waals surface area contributed by atoms with Crippen molar-refractivity contribution < 1.29 is 19.1 Å². The van der Waals surface area contributed by atoms with E-state index in [0.717, 1.165) is 18.4 Å². The van der Waals surface area contributed by atoms with E-state index in [9.17, 15) is 9.59 Å². The highest BCUT2D eigenvalue weighted by Crippen LogP contribution is 2.24. The number of rotatable bonds is 8. The van der Waals surface area contributed by atoms with Gasteiger partial charge >= 0.3 is 0 Å². The summed E-state index contributed by atoms with van der Waals surface area (Å²) in [7, 11) is 3.17. The third kappa shape index (κ3) is 5.44. The van der Waals surface area contributed by atoms with Gasteiger partial charge in [0.2, 0.25) is 11.8 Å². The lowest BCUT2D eigenvalue weighted by Crippen LogP contribution is -2.33. The van der Waals surface area contributed by atoms with Gasteiger partial charge in [0.1, 0.15) is 11.5 Å². The van der Waals surface area contributed by atoms with E-state index < -0.39 is 0 Å². The zero-order valence-electron chi connectivity index (χ0n) is 14.4. The smallest absolute Gasteiger partial charge is 0.220 e. The molecule has 1 aliphatic carbocycles. The fraction of sp³-hybridized carbons (Fsp3) is 0.556. The molecule has 6 heteroatoms.